The Kier molecular flexibility index (Phi) is 3.70. The summed E-state index contributed by atoms with van der Waals surface area (Å²) in [6.07, 6.45) is 2.17. The highest BCUT2D eigenvalue weighted by Crippen LogP contribution is 2.30. The summed E-state index contributed by atoms with van der Waals surface area (Å²) in [6, 6.07) is 6.53. The van der Waals surface area contributed by atoms with E-state index in [1.165, 1.54) is 12.1 Å². The second-order valence-corrected chi connectivity index (χ2v) is 5.31. The maximum absolute atomic E-state index is 10.9. The minimum atomic E-state index is -0.398. The van der Waals surface area contributed by atoms with Crippen LogP contribution in [-0.4, -0.2) is 29.1 Å². The van der Waals surface area contributed by atoms with E-state index in [0.29, 0.717) is 11.1 Å². The predicted molar refractivity (Wildman–Crippen MR) is 79.7 cm³/mol. The Morgan fingerprint density at radius 3 is 3.00 bits per heavy atom. The average Bonchev–Trinajstić information content (AvgIpc) is 2.47. The van der Waals surface area contributed by atoms with Gasteiger partial charge in [-0.3, -0.25) is 15.1 Å². The normalized spacial score (nSPS) is 18.6. The van der Waals surface area contributed by atoms with Gasteiger partial charge >= 0.3 is 0 Å². The number of nitro groups is 1. The largest absolute Gasteiger partial charge is 0.488 e. The third-order valence-corrected chi connectivity index (χ3v) is 3.64. The van der Waals surface area contributed by atoms with Crippen molar-refractivity contribution in [3.8, 4) is 5.75 Å². The Morgan fingerprint density at radius 1 is 1.43 bits per heavy atom. The van der Waals surface area contributed by atoms with Crippen molar-refractivity contribution in [3.63, 3.8) is 0 Å². The van der Waals surface area contributed by atoms with Crippen LogP contribution >= 0.6 is 0 Å². The molecule has 1 atom stereocenters. The van der Waals surface area contributed by atoms with Gasteiger partial charge in [-0.25, -0.2) is 0 Å². The quantitative estimate of drug-likeness (QED) is 0.693. The van der Waals surface area contributed by atoms with Gasteiger partial charge in [0.15, 0.2) is 0 Å². The molecular formula is C15H17N3O3. The average molecular weight is 287 g/mol. The van der Waals surface area contributed by atoms with E-state index in [2.05, 4.69) is 10.3 Å². The number of fused-ring (bicyclic) bond motifs is 1. The molecule has 6 nitrogen and oxygen atoms in total. The number of nitro benzene ring substituents is 1. The van der Waals surface area contributed by atoms with Crippen molar-refractivity contribution >= 4 is 16.6 Å². The number of ether oxygens (including phenoxy) is 1. The molecule has 1 saturated heterocycles. The number of non-ortho nitro benzene ring substituents is 1. The molecule has 1 fully saturated rings. The molecule has 0 radical (unpaired) electrons. The first-order valence-electron chi connectivity index (χ1n) is 7.06. The van der Waals surface area contributed by atoms with Crippen LogP contribution in [0.3, 0.4) is 0 Å². The van der Waals surface area contributed by atoms with Crippen molar-refractivity contribution in [2.45, 2.75) is 25.9 Å². The van der Waals surface area contributed by atoms with Gasteiger partial charge in [0.2, 0.25) is 0 Å². The number of hydrogen-bond acceptors (Lipinski definition) is 5. The summed E-state index contributed by atoms with van der Waals surface area (Å²) >= 11 is 0. The van der Waals surface area contributed by atoms with Gasteiger partial charge in [-0.05, 0) is 32.4 Å². The fraction of sp³-hybridized carbons (Fsp3) is 0.400. The van der Waals surface area contributed by atoms with Crippen LogP contribution < -0.4 is 10.1 Å². The second kappa shape index (κ2) is 5.65. The molecule has 21 heavy (non-hydrogen) atoms. The summed E-state index contributed by atoms with van der Waals surface area (Å²) in [7, 11) is 0. The van der Waals surface area contributed by atoms with E-state index in [1.54, 1.807) is 6.07 Å². The highest BCUT2D eigenvalue weighted by molar-refractivity contribution is 5.87. The monoisotopic (exact) mass is 287 g/mol. The summed E-state index contributed by atoms with van der Waals surface area (Å²) in [6.45, 7) is 3.71. The molecule has 1 unspecified atom stereocenters. The molecule has 1 aromatic heterocycles. The molecule has 110 valence electrons. The molecule has 6 heteroatoms. The Labute approximate surface area is 122 Å². The smallest absolute Gasteiger partial charge is 0.270 e. The molecule has 1 N–H and O–H groups in total. The standard InChI is InChI=1S/C15H17N3O3/c1-10-7-15(21-12-3-2-6-16-9-12)13-8-11(18(19)20)4-5-14(13)17-10/h4-5,7-8,12,16H,2-3,6,9H2,1H3. The zero-order valence-corrected chi connectivity index (χ0v) is 11.8. The van der Waals surface area contributed by atoms with Crippen LogP contribution in [0.25, 0.3) is 10.9 Å². The van der Waals surface area contributed by atoms with E-state index in [1.807, 2.05) is 13.0 Å². The number of pyridine rings is 1. The minimum Gasteiger partial charge on any atom is -0.488 e. The van der Waals surface area contributed by atoms with Crippen molar-refractivity contribution in [2.75, 3.05) is 13.1 Å². The SMILES string of the molecule is Cc1cc(OC2CCCNC2)c2cc([N+](=O)[O-])ccc2n1. The van der Waals surface area contributed by atoms with E-state index >= 15 is 0 Å². The summed E-state index contributed by atoms with van der Waals surface area (Å²) < 4.78 is 6.06. The number of rotatable bonds is 3. The van der Waals surface area contributed by atoms with Crippen LogP contribution in [0.4, 0.5) is 5.69 Å². The number of nitrogens with zero attached hydrogens (tertiary/aromatic N) is 2. The molecular weight excluding hydrogens is 270 g/mol. The molecule has 2 heterocycles. The first-order valence-corrected chi connectivity index (χ1v) is 7.06. The maximum Gasteiger partial charge on any atom is 0.270 e. The molecule has 0 bridgehead atoms. The third kappa shape index (κ3) is 2.95. The summed E-state index contributed by atoms with van der Waals surface area (Å²) in [5.74, 6) is 0.676. The second-order valence-electron chi connectivity index (χ2n) is 5.31. The lowest BCUT2D eigenvalue weighted by Crippen LogP contribution is -2.37. The zero-order chi connectivity index (χ0) is 14.8. The topological polar surface area (TPSA) is 77.3 Å². The molecule has 1 aliphatic heterocycles. The van der Waals surface area contributed by atoms with Crippen molar-refractivity contribution in [1.82, 2.24) is 10.3 Å². The van der Waals surface area contributed by atoms with Gasteiger partial charge in [-0.1, -0.05) is 0 Å². The van der Waals surface area contributed by atoms with Gasteiger partial charge in [-0.15, -0.1) is 0 Å². The van der Waals surface area contributed by atoms with E-state index in [0.717, 1.165) is 37.1 Å². The van der Waals surface area contributed by atoms with E-state index in [9.17, 15) is 10.1 Å². The van der Waals surface area contributed by atoms with Gasteiger partial charge in [0.1, 0.15) is 11.9 Å². The highest BCUT2D eigenvalue weighted by Gasteiger charge is 2.17. The van der Waals surface area contributed by atoms with Gasteiger partial charge < -0.3 is 10.1 Å². The van der Waals surface area contributed by atoms with Crippen LogP contribution in [-0.2, 0) is 0 Å². The Bertz CT molecular complexity index is 681. The molecule has 3 rings (SSSR count). The molecule has 0 amide bonds. The Hall–Kier alpha value is -2.21. The van der Waals surface area contributed by atoms with E-state index in [4.69, 9.17) is 4.74 Å². The number of aromatic nitrogens is 1. The maximum atomic E-state index is 10.9. The van der Waals surface area contributed by atoms with Crippen LogP contribution in [0, 0.1) is 17.0 Å². The molecule has 0 saturated carbocycles. The molecule has 1 aromatic carbocycles. The number of benzene rings is 1. The lowest BCUT2D eigenvalue weighted by Gasteiger charge is -2.24. The highest BCUT2D eigenvalue weighted by atomic mass is 16.6. The summed E-state index contributed by atoms with van der Waals surface area (Å²) in [5, 5.41) is 14.9. The molecule has 0 spiro atoms. The van der Waals surface area contributed by atoms with Gasteiger partial charge in [0.25, 0.3) is 5.69 Å². The van der Waals surface area contributed by atoms with Gasteiger partial charge in [0, 0.05) is 35.8 Å². The van der Waals surface area contributed by atoms with E-state index < -0.39 is 4.92 Å². The first-order chi connectivity index (χ1) is 10.1. The Balaban J connectivity index is 2.01. The number of piperidine rings is 1. The third-order valence-electron chi connectivity index (χ3n) is 3.64. The van der Waals surface area contributed by atoms with Crippen LogP contribution in [0.1, 0.15) is 18.5 Å². The summed E-state index contributed by atoms with van der Waals surface area (Å²) in [5.41, 5.74) is 1.62. The number of nitrogens with one attached hydrogen (secondary N) is 1. The Morgan fingerprint density at radius 2 is 2.29 bits per heavy atom. The van der Waals surface area contributed by atoms with Gasteiger partial charge in [-0.2, -0.15) is 0 Å². The van der Waals surface area contributed by atoms with Crippen molar-refractivity contribution in [3.05, 3.63) is 40.1 Å². The van der Waals surface area contributed by atoms with E-state index in [-0.39, 0.29) is 11.8 Å². The van der Waals surface area contributed by atoms with Crippen molar-refractivity contribution < 1.29 is 9.66 Å². The van der Waals surface area contributed by atoms with Crippen LogP contribution in [0.2, 0.25) is 0 Å². The molecule has 2 aromatic rings. The number of aryl methyl sites for hydroxylation is 1. The summed E-state index contributed by atoms with van der Waals surface area (Å²) in [4.78, 5) is 15.0. The zero-order valence-electron chi connectivity index (χ0n) is 11.8. The number of hydrogen-bond donors (Lipinski definition) is 1. The predicted octanol–water partition coefficient (Wildman–Crippen LogP) is 2.58. The van der Waals surface area contributed by atoms with Crippen LogP contribution in [0.5, 0.6) is 5.75 Å². The fourth-order valence-electron chi connectivity index (χ4n) is 2.62. The molecule has 0 aliphatic carbocycles. The lowest BCUT2D eigenvalue weighted by atomic mass is 10.1. The van der Waals surface area contributed by atoms with Crippen molar-refractivity contribution in [2.24, 2.45) is 0 Å². The first kappa shape index (κ1) is 13.8. The fourth-order valence-corrected chi connectivity index (χ4v) is 2.62. The lowest BCUT2D eigenvalue weighted by molar-refractivity contribution is -0.384. The van der Waals surface area contributed by atoms with Gasteiger partial charge in [0.05, 0.1) is 10.4 Å². The van der Waals surface area contributed by atoms with Crippen LogP contribution in [0.15, 0.2) is 24.3 Å². The van der Waals surface area contributed by atoms with Crippen molar-refractivity contribution in [1.29, 1.82) is 0 Å². The molecule has 1 aliphatic rings. The minimum absolute atomic E-state index is 0.0553.